The van der Waals surface area contributed by atoms with Crippen molar-refractivity contribution in [2.45, 2.75) is 42.9 Å². The highest BCUT2D eigenvalue weighted by Gasteiger charge is 2.19. The number of pyridine rings is 1. The average molecular weight is 394 g/mol. The summed E-state index contributed by atoms with van der Waals surface area (Å²) in [5, 5.41) is 3.43. The molecule has 0 spiro atoms. The molecule has 0 radical (unpaired) electrons. The first kappa shape index (κ1) is 20.1. The van der Waals surface area contributed by atoms with Crippen molar-refractivity contribution in [1.29, 1.82) is 0 Å². The van der Waals surface area contributed by atoms with E-state index < -0.39 is 0 Å². The lowest BCUT2D eigenvalue weighted by Crippen LogP contribution is -2.22. The van der Waals surface area contributed by atoms with Crippen LogP contribution in [0.25, 0.3) is 0 Å². The molecule has 2 aromatic heterocycles. The van der Waals surface area contributed by atoms with Crippen molar-refractivity contribution < 1.29 is 0 Å². The Hall–Kier alpha value is -2.60. The molecular formula is C22H27N5S. The molecule has 6 heteroatoms. The molecule has 3 aromatic rings. The van der Waals surface area contributed by atoms with E-state index in [1.807, 2.05) is 37.6 Å². The summed E-state index contributed by atoms with van der Waals surface area (Å²) in [6, 6.07) is 14.4. The van der Waals surface area contributed by atoms with Crippen LogP contribution in [0.5, 0.6) is 0 Å². The Morgan fingerprint density at radius 2 is 1.61 bits per heavy atom. The van der Waals surface area contributed by atoms with Gasteiger partial charge in [-0.15, -0.1) is 0 Å². The zero-order chi connectivity index (χ0) is 20.1. The first-order chi connectivity index (χ1) is 13.3. The number of nitrogens with zero attached hydrogens (tertiary/aromatic N) is 4. The van der Waals surface area contributed by atoms with Gasteiger partial charge in [-0.1, -0.05) is 32.5 Å². The number of aromatic nitrogens is 3. The second-order valence-corrected chi connectivity index (χ2v) is 8.78. The first-order valence-corrected chi connectivity index (χ1v) is 10.2. The standard InChI is InChI=1S/C22H27N5S/c1-6-27(5)21-25-19(22(2,3)4)15-20(26-21)24-16-7-9-17(10-8-16)28-18-11-13-23-14-12-18/h7-15H,6H2,1-5H3,(H,24,25,26). The molecule has 5 nitrogen and oxygen atoms in total. The van der Waals surface area contributed by atoms with Crippen LogP contribution in [0.15, 0.2) is 64.6 Å². The van der Waals surface area contributed by atoms with E-state index in [-0.39, 0.29) is 5.41 Å². The molecule has 0 bridgehead atoms. The van der Waals surface area contributed by atoms with Crippen molar-refractivity contribution in [2.24, 2.45) is 0 Å². The van der Waals surface area contributed by atoms with Gasteiger partial charge in [-0.3, -0.25) is 4.98 Å². The van der Waals surface area contributed by atoms with Gasteiger partial charge in [0, 0.05) is 52.9 Å². The molecule has 3 rings (SSSR count). The molecule has 0 unspecified atom stereocenters. The normalized spacial score (nSPS) is 11.3. The Labute approximate surface area is 171 Å². The van der Waals surface area contributed by atoms with Crippen LogP contribution in [0.1, 0.15) is 33.4 Å². The highest BCUT2D eigenvalue weighted by Crippen LogP contribution is 2.29. The van der Waals surface area contributed by atoms with Gasteiger partial charge in [0.1, 0.15) is 5.82 Å². The van der Waals surface area contributed by atoms with Gasteiger partial charge in [-0.2, -0.15) is 4.98 Å². The highest BCUT2D eigenvalue weighted by atomic mass is 32.2. The van der Waals surface area contributed by atoms with Crippen molar-refractivity contribution in [2.75, 3.05) is 23.8 Å². The predicted molar refractivity (Wildman–Crippen MR) is 118 cm³/mol. The Morgan fingerprint density at radius 3 is 2.21 bits per heavy atom. The summed E-state index contributed by atoms with van der Waals surface area (Å²) < 4.78 is 0. The van der Waals surface area contributed by atoms with Gasteiger partial charge in [0.05, 0.1) is 5.69 Å². The van der Waals surface area contributed by atoms with E-state index in [4.69, 9.17) is 9.97 Å². The molecule has 0 saturated carbocycles. The van der Waals surface area contributed by atoms with Gasteiger partial charge >= 0.3 is 0 Å². The zero-order valence-corrected chi connectivity index (χ0v) is 17.9. The van der Waals surface area contributed by atoms with Gasteiger partial charge in [0.15, 0.2) is 0 Å². The van der Waals surface area contributed by atoms with E-state index in [2.05, 4.69) is 67.2 Å². The topological polar surface area (TPSA) is 53.9 Å². The summed E-state index contributed by atoms with van der Waals surface area (Å²) in [6.45, 7) is 9.45. The maximum atomic E-state index is 4.74. The van der Waals surface area contributed by atoms with Crippen LogP contribution in [0, 0.1) is 0 Å². The minimum Gasteiger partial charge on any atom is -0.344 e. The molecule has 0 fully saturated rings. The monoisotopic (exact) mass is 393 g/mol. The summed E-state index contributed by atoms with van der Waals surface area (Å²) in [5.74, 6) is 1.55. The molecule has 0 aliphatic heterocycles. The maximum Gasteiger partial charge on any atom is 0.227 e. The van der Waals surface area contributed by atoms with Gasteiger partial charge in [0.2, 0.25) is 5.95 Å². The van der Waals surface area contributed by atoms with Gasteiger partial charge < -0.3 is 10.2 Å². The molecule has 0 aliphatic rings. The number of anilines is 3. The summed E-state index contributed by atoms with van der Waals surface area (Å²) >= 11 is 1.72. The average Bonchev–Trinajstić information content (AvgIpc) is 2.69. The summed E-state index contributed by atoms with van der Waals surface area (Å²) in [4.78, 5) is 17.9. The van der Waals surface area contributed by atoms with Crippen LogP contribution in [0.3, 0.4) is 0 Å². The lowest BCUT2D eigenvalue weighted by Gasteiger charge is -2.22. The van der Waals surface area contributed by atoms with E-state index in [9.17, 15) is 0 Å². The van der Waals surface area contributed by atoms with Gasteiger partial charge in [0.25, 0.3) is 0 Å². The SMILES string of the molecule is CCN(C)c1nc(Nc2ccc(Sc3ccncc3)cc2)cc(C(C)(C)C)n1. The van der Waals surface area contributed by atoms with Crippen molar-refractivity contribution in [1.82, 2.24) is 15.0 Å². The Kier molecular flexibility index (Phi) is 6.19. The Morgan fingerprint density at radius 1 is 0.964 bits per heavy atom. The van der Waals surface area contributed by atoms with E-state index in [1.165, 1.54) is 9.79 Å². The van der Waals surface area contributed by atoms with Crippen LogP contribution < -0.4 is 10.2 Å². The number of hydrogen-bond donors (Lipinski definition) is 1. The maximum absolute atomic E-state index is 4.74. The van der Waals surface area contributed by atoms with Crippen LogP contribution in [-0.2, 0) is 5.41 Å². The Balaban J connectivity index is 1.80. The summed E-state index contributed by atoms with van der Waals surface area (Å²) in [7, 11) is 2.01. The Bertz CT molecular complexity index is 904. The van der Waals surface area contributed by atoms with E-state index in [1.54, 1.807) is 11.8 Å². The van der Waals surface area contributed by atoms with Crippen molar-refractivity contribution in [3.63, 3.8) is 0 Å². The molecule has 28 heavy (non-hydrogen) atoms. The quantitative estimate of drug-likeness (QED) is 0.595. The zero-order valence-electron chi connectivity index (χ0n) is 17.1. The third kappa shape index (κ3) is 5.23. The minimum absolute atomic E-state index is 0.0479. The second-order valence-electron chi connectivity index (χ2n) is 7.64. The highest BCUT2D eigenvalue weighted by molar-refractivity contribution is 7.99. The van der Waals surface area contributed by atoms with E-state index >= 15 is 0 Å². The fraction of sp³-hybridized carbons (Fsp3) is 0.318. The largest absolute Gasteiger partial charge is 0.344 e. The fourth-order valence-electron chi connectivity index (χ4n) is 2.49. The molecule has 0 amide bonds. The molecule has 1 N–H and O–H groups in total. The third-order valence-electron chi connectivity index (χ3n) is 4.31. The van der Waals surface area contributed by atoms with Crippen molar-refractivity contribution >= 4 is 29.2 Å². The van der Waals surface area contributed by atoms with Crippen molar-refractivity contribution in [3.8, 4) is 0 Å². The molecule has 2 heterocycles. The smallest absolute Gasteiger partial charge is 0.227 e. The lowest BCUT2D eigenvalue weighted by molar-refractivity contribution is 0.566. The van der Waals surface area contributed by atoms with E-state index in [0.29, 0.717) is 0 Å². The van der Waals surface area contributed by atoms with Crippen molar-refractivity contribution in [3.05, 3.63) is 60.6 Å². The summed E-state index contributed by atoms with van der Waals surface area (Å²) in [6.07, 6.45) is 3.62. The first-order valence-electron chi connectivity index (χ1n) is 9.41. The van der Waals surface area contributed by atoms with E-state index in [0.717, 1.165) is 29.7 Å². The molecule has 146 valence electrons. The summed E-state index contributed by atoms with van der Waals surface area (Å²) in [5.41, 5.74) is 1.97. The molecule has 0 saturated heterocycles. The molecule has 0 aliphatic carbocycles. The number of hydrogen-bond acceptors (Lipinski definition) is 6. The number of nitrogens with one attached hydrogen (secondary N) is 1. The van der Waals surface area contributed by atoms with Crippen LogP contribution in [0.4, 0.5) is 17.5 Å². The van der Waals surface area contributed by atoms with Crippen LogP contribution in [-0.4, -0.2) is 28.5 Å². The minimum atomic E-state index is -0.0479. The molecule has 0 atom stereocenters. The predicted octanol–water partition coefficient (Wildman–Crippen LogP) is 5.52. The van der Waals surface area contributed by atoms with Gasteiger partial charge in [-0.25, -0.2) is 4.98 Å². The molecular weight excluding hydrogens is 366 g/mol. The third-order valence-corrected chi connectivity index (χ3v) is 5.33. The fourth-order valence-corrected chi connectivity index (χ4v) is 3.29. The van der Waals surface area contributed by atoms with Gasteiger partial charge in [-0.05, 0) is 43.3 Å². The lowest BCUT2D eigenvalue weighted by atomic mass is 9.92. The molecule has 1 aromatic carbocycles. The number of rotatable bonds is 6. The second kappa shape index (κ2) is 8.61. The van der Waals surface area contributed by atoms with Crippen LogP contribution >= 0.6 is 11.8 Å². The number of benzene rings is 1. The van der Waals surface area contributed by atoms with Crippen LogP contribution in [0.2, 0.25) is 0 Å².